The zero-order valence-corrected chi connectivity index (χ0v) is 13.3. The third kappa shape index (κ3) is 2.23. The highest BCUT2D eigenvalue weighted by molar-refractivity contribution is 6.01. The molecule has 1 aliphatic rings. The van der Waals surface area contributed by atoms with Crippen LogP contribution in [0.4, 0.5) is 0 Å². The molecule has 0 spiro atoms. The van der Waals surface area contributed by atoms with Gasteiger partial charge in [0.2, 0.25) is 0 Å². The lowest BCUT2D eigenvalue weighted by Crippen LogP contribution is -2.42. The van der Waals surface area contributed by atoms with Crippen LogP contribution < -0.4 is 5.63 Å². The Labute approximate surface area is 128 Å². The molecule has 0 atom stereocenters. The fourth-order valence-corrected chi connectivity index (χ4v) is 3.20. The van der Waals surface area contributed by atoms with Crippen molar-refractivity contribution in [3.63, 3.8) is 0 Å². The molecule has 0 fully saturated rings. The van der Waals surface area contributed by atoms with E-state index in [1.54, 1.807) is 0 Å². The monoisotopic (exact) mass is 308 g/mol. The number of ether oxygens (including phenoxy) is 2. The van der Waals surface area contributed by atoms with E-state index in [1.165, 1.54) is 14.2 Å². The van der Waals surface area contributed by atoms with Crippen molar-refractivity contribution in [3.8, 4) is 0 Å². The molecule has 6 heteroatoms. The molecule has 0 bridgehead atoms. The molecule has 0 saturated carbocycles. The first-order valence-corrected chi connectivity index (χ1v) is 7.28. The van der Waals surface area contributed by atoms with E-state index in [0.717, 1.165) is 11.1 Å². The minimum Gasteiger partial charge on any atom is -0.468 e. The van der Waals surface area contributed by atoms with E-state index >= 15 is 0 Å². The van der Waals surface area contributed by atoms with E-state index < -0.39 is 23.0 Å². The predicted octanol–water partition coefficient (Wildman–Crippen LogP) is 1.20. The number of carbonyl (C=O) groups is 2. The topological polar surface area (TPSA) is 82.8 Å². The summed E-state index contributed by atoms with van der Waals surface area (Å²) in [5.41, 5.74) is 0.176. The van der Waals surface area contributed by atoms with Gasteiger partial charge in [-0.25, -0.2) is 4.79 Å². The molecule has 1 aromatic rings. The van der Waals surface area contributed by atoms with Crippen molar-refractivity contribution >= 4 is 11.9 Å². The molecule has 1 heterocycles. The molecule has 0 unspecified atom stereocenters. The Kier molecular flexibility index (Phi) is 4.39. The van der Waals surface area contributed by atoms with E-state index in [4.69, 9.17) is 13.9 Å². The van der Waals surface area contributed by atoms with Crippen molar-refractivity contribution in [2.45, 2.75) is 39.5 Å². The van der Waals surface area contributed by atoms with Gasteiger partial charge in [0, 0.05) is 24.8 Å². The van der Waals surface area contributed by atoms with Crippen LogP contribution >= 0.6 is 0 Å². The van der Waals surface area contributed by atoms with Crippen LogP contribution in [0.15, 0.2) is 9.21 Å². The first-order chi connectivity index (χ1) is 10.4. The molecule has 6 nitrogen and oxygen atoms in total. The molecule has 1 aromatic heterocycles. The van der Waals surface area contributed by atoms with Gasteiger partial charge in [-0.15, -0.1) is 0 Å². The molecule has 0 aromatic carbocycles. The van der Waals surface area contributed by atoms with Crippen LogP contribution in [0.1, 0.15) is 36.3 Å². The van der Waals surface area contributed by atoms with Crippen LogP contribution in [0.25, 0.3) is 0 Å². The summed E-state index contributed by atoms with van der Waals surface area (Å²) in [6.07, 6.45) is 1.25. The maximum atomic E-state index is 12.3. The van der Waals surface area contributed by atoms with E-state index in [1.807, 2.05) is 13.8 Å². The summed E-state index contributed by atoms with van der Waals surface area (Å²) < 4.78 is 15.0. The number of esters is 2. The Hall–Kier alpha value is -2.11. The Balaban J connectivity index is 2.66. The van der Waals surface area contributed by atoms with Gasteiger partial charge in [-0.05, 0) is 17.5 Å². The highest BCUT2D eigenvalue weighted by Crippen LogP contribution is 2.41. The van der Waals surface area contributed by atoms with Crippen molar-refractivity contribution in [1.29, 1.82) is 0 Å². The normalized spacial score (nSPS) is 15.3. The molecule has 0 radical (unpaired) electrons. The molecule has 22 heavy (non-hydrogen) atoms. The minimum absolute atomic E-state index is 0.115. The van der Waals surface area contributed by atoms with Gasteiger partial charge in [0.1, 0.15) is 5.76 Å². The number of hydrogen-bond donors (Lipinski definition) is 0. The molecular formula is C16H20O6. The first-order valence-electron chi connectivity index (χ1n) is 7.28. The number of carbonyl (C=O) groups excluding carboxylic acids is 2. The fourth-order valence-electron chi connectivity index (χ4n) is 3.20. The van der Waals surface area contributed by atoms with E-state index in [9.17, 15) is 14.4 Å². The molecule has 0 amide bonds. The third-order valence-electron chi connectivity index (χ3n) is 4.31. The van der Waals surface area contributed by atoms with Crippen molar-refractivity contribution in [3.05, 3.63) is 32.9 Å². The van der Waals surface area contributed by atoms with Crippen LogP contribution in [-0.2, 0) is 44.7 Å². The van der Waals surface area contributed by atoms with Gasteiger partial charge in [0.05, 0.1) is 14.2 Å². The SMILES string of the molecule is CCc1oc(=O)c(CC)c2c1CC(C(=O)OC)(C(=O)OC)C2. The maximum absolute atomic E-state index is 12.3. The van der Waals surface area contributed by atoms with E-state index in [-0.39, 0.29) is 12.8 Å². The summed E-state index contributed by atoms with van der Waals surface area (Å²) in [6.45, 7) is 3.70. The number of methoxy groups -OCH3 is 2. The fraction of sp³-hybridized carbons (Fsp3) is 0.562. The van der Waals surface area contributed by atoms with Crippen molar-refractivity contribution < 1.29 is 23.5 Å². The standard InChI is InChI=1S/C16H20O6/c1-5-9-10-7-16(14(18)20-3,15(19)21-4)8-11(10)12(6-2)22-13(9)17/h5-8H2,1-4H3. The molecule has 0 saturated heterocycles. The van der Waals surface area contributed by atoms with E-state index in [2.05, 4.69) is 0 Å². The second kappa shape index (κ2) is 5.94. The van der Waals surface area contributed by atoms with Crippen LogP contribution in [0.5, 0.6) is 0 Å². The van der Waals surface area contributed by atoms with Gasteiger partial charge >= 0.3 is 17.6 Å². The summed E-state index contributed by atoms with van der Waals surface area (Å²) in [5.74, 6) is -0.772. The van der Waals surface area contributed by atoms with Crippen molar-refractivity contribution in [2.75, 3.05) is 14.2 Å². The molecular weight excluding hydrogens is 288 g/mol. The minimum atomic E-state index is -1.43. The first kappa shape index (κ1) is 16.3. The van der Waals surface area contributed by atoms with Gasteiger partial charge < -0.3 is 13.9 Å². The van der Waals surface area contributed by atoms with Crippen molar-refractivity contribution in [1.82, 2.24) is 0 Å². The lowest BCUT2D eigenvalue weighted by molar-refractivity contribution is -0.168. The van der Waals surface area contributed by atoms with Crippen LogP contribution in [0.2, 0.25) is 0 Å². The molecule has 0 aliphatic heterocycles. The summed E-state index contributed by atoms with van der Waals surface area (Å²) in [4.78, 5) is 36.6. The van der Waals surface area contributed by atoms with Crippen LogP contribution in [0.3, 0.4) is 0 Å². The molecule has 1 aliphatic carbocycles. The van der Waals surface area contributed by atoms with Gasteiger partial charge in [-0.1, -0.05) is 13.8 Å². The van der Waals surface area contributed by atoms with Gasteiger partial charge in [-0.3, -0.25) is 9.59 Å². The second-order valence-corrected chi connectivity index (χ2v) is 5.37. The lowest BCUT2D eigenvalue weighted by atomic mass is 9.84. The van der Waals surface area contributed by atoms with Gasteiger partial charge in [-0.2, -0.15) is 0 Å². The number of aryl methyl sites for hydroxylation is 1. The summed E-state index contributed by atoms with van der Waals surface area (Å²) in [7, 11) is 2.47. The second-order valence-electron chi connectivity index (χ2n) is 5.37. The Morgan fingerprint density at radius 1 is 1.05 bits per heavy atom. The quantitative estimate of drug-likeness (QED) is 0.614. The molecule has 120 valence electrons. The number of hydrogen-bond acceptors (Lipinski definition) is 6. The summed E-state index contributed by atoms with van der Waals surface area (Å²) in [5, 5.41) is 0. The Morgan fingerprint density at radius 2 is 1.59 bits per heavy atom. The van der Waals surface area contributed by atoms with Gasteiger partial charge in [0.25, 0.3) is 0 Å². The summed E-state index contributed by atoms with van der Waals surface area (Å²) >= 11 is 0. The van der Waals surface area contributed by atoms with Gasteiger partial charge in [0.15, 0.2) is 5.41 Å². The largest absolute Gasteiger partial charge is 0.468 e. The highest BCUT2D eigenvalue weighted by atomic mass is 16.5. The predicted molar refractivity (Wildman–Crippen MR) is 77.6 cm³/mol. The zero-order valence-electron chi connectivity index (χ0n) is 13.3. The average Bonchev–Trinajstić information content (AvgIpc) is 2.94. The van der Waals surface area contributed by atoms with Crippen LogP contribution in [-0.4, -0.2) is 26.2 Å². The Morgan fingerprint density at radius 3 is 2.05 bits per heavy atom. The summed E-state index contributed by atoms with van der Waals surface area (Å²) in [6, 6.07) is 0. The number of fused-ring (bicyclic) bond motifs is 1. The third-order valence-corrected chi connectivity index (χ3v) is 4.31. The van der Waals surface area contributed by atoms with Crippen LogP contribution in [0, 0.1) is 5.41 Å². The lowest BCUT2D eigenvalue weighted by Gasteiger charge is -2.22. The molecule has 0 N–H and O–H groups in total. The van der Waals surface area contributed by atoms with Crippen molar-refractivity contribution in [2.24, 2.45) is 5.41 Å². The molecule has 2 rings (SSSR count). The number of rotatable bonds is 4. The zero-order chi connectivity index (χ0) is 16.5. The van der Waals surface area contributed by atoms with E-state index in [0.29, 0.717) is 24.2 Å². The average molecular weight is 308 g/mol. The smallest absolute Gasteiger partial charge is 0.339 e. The highest BCUT2D eigenvalue weighted by Gasteiger charge is 2.54. The Bertz CT molecular complexity index is 654. The maximum Gasteiger partial charge on any atom is 0.339 e.